The molecule has 19 rings (SSSR count). The molecule has 0 amide bonds. The number of para-hydroxylation sites is 4. The van der Waals surface area contributed by atoms with Crippen LogP contribution in [0.4, 0.5) is 0 Å². The number of furan rings is 1. The fraction of sp³-hybridized carbons (Fsp3) is 0. The molecule has 19 aromatic rings. The number of fused-ring (bicyclic) bond motifs is 24. The molecule has 0 atom stereocenters. The van der Waals surface area contributed by atoms with Crippen molar-refractivity contribution in [3.05, 3.63) is 255 Å². The van der Waals surface area contributed by atoms with E-state index in [4.69, 9.17) is 24.4 Å². The Kier molecular flexibility index (Phi) is 9.36. The summed E-state index contributed by atoms with van der Waals surface area (Å²) in [5.41, 5.74) is 13.8. The highest BCUT2D eigenvalue weighted by Crippen LogP contribution is 2.50. The summed E-state index contributed by atoms with van der Waals surface area (Å²) in [5.74, 6) is 1.25. The first-order chi connectivity index (χ1) is 41.7. The van der Waals surface area contributed by atoms with Gasteiger partial charge in [0.05, 0.1) is 49.2 Å². The van der Waals surface area contributed by atoms with Crippen molar-refractivity contribution in [3.8, 4) is 45.5 Å². The van der Waals surface area contributed by atoms with Crippen LogP contribution in [0.3, 0.4) is 0 Å². The highest BCUT2D eigenvalue weighted by molar-refractivity contribution is 7.27. The predicted molar refractivity (Wildman–Crippen MR) is 350 cm³/mol. The first-order valence-electron chi connectivity index (χ1n) is 28.4. The van der Waals surface area contributed by atoms with E-state index in [9.17, 15) is 0 Å². The van der Waals surface area contributed by atoms with Gasteiger partial charge in [-0.15, -0.1) is 11.3 Å². The molecule has 84 heavy (non-hydrogen) atoms. The Hall–Kier alpha value is -11.1. The number of hydrogen-bond donors (Lipinski definition) is 0. The maximum atomic E-state index is 6.73. The van der Waals surface area contributed by atoms with Gasteiger partial charge in [0.15, 0.2) is 0 Å². The molecule has 0 unspecified atom stereocenters. The molecular formula is C76H42N6OS. The van der Waals surface area contributed by atoms with Gasteiger partial charge in [-0.05, 0) is 75.8 Å². The number of hydrogen-bond acceptors (Lipinski definition) is 6. The smallest absolute Gasteiger partial charge is 0.235 e. The van der Waals surface area contributed by atoms with Gasteiger partial charge in [-0.1, -0.05) is 206 Å². The molecule has 0 saturated carbocycles. The van der Waals surface area contributed by atoms with E-state index in [2.05, 4.69) is 258 Å². The average molecular weight is 1090 g/mol. The molecule has 0 aliphatic carbocycles. The molecule has 0 aliphatic rings. The molecule has 0 spiro atoms. The van der Waals surface area contributed by atoms with Crippen molar-refractivity contribution in [2.45, 2.75) is 0 Å². The van der Waals surface area contributed by atoms with Gasteiger partial charge in [0.1, 0.15) is 11.2 Å². The second kappa shape index (κ2) is 17.2. The van der Waals surface area contributed by atoms with E-state index in [1.807, 2.05) is 17.4 Å². The minimum absolute atomic E-state index is 0.608. The molecular weight excluding hydrogens is 1040 g/mol. The molecule has 6 aromatic heterocycles. The molecule has 0 saturated heterocycles. The standard InChI is InChI=1S/C76H42N6OS/c1-2-20-44(21-3-1)68-57-40-37-43-19-4-5-24-48(43)70(57)80-76(78-68)82-60-33-14-9-28-53(60)64-49-39-38-46(42-58(49)65-56-31-12-17-36-63(56)84-74(65)72(64)82)45-22-18-23-47(41-45)69-52-27-8-13-32-59(52)77-75(79-69)81-61-34-15-10-29-54(61)66-67-55-30-11-16-35-62(55)83-73(67)51-26-7-6-25-50(51)71(66)81/h1-42H. The lowest BCUT2D eigenvalue weighted by atomic mass is 9.94. The van der Waals surface area contributed by atoms with E-state index in [0.717, 1.165) is 137 Å². The molecule has 0 N–H and O–H groups in total. The van der Waals surface area contributed by atoms with Gasteiger partial charge >= 0.3 is 0 Å². The second-order valence-corrected chi connectivity index (χ2v) is 23.0. The number of aromatic nitrogens is 6. The third kappa shape index (κ3) is 6.34. The Labute approximate surface area is 482 Å². The zero-order chi connectivity index (χ0) is 54.7. The van der Waals surface area contributed by atoms with Crippen LogP contribution >= 0.6 is 11.3 Å². The molecule has 13 aromatic carbocycles. The van der Waals surface area contributed by atoms with Crippen LogP contribution in [0.5, 0.6) is 0 Å². The molecule has 6 heterocycles. The van der Waals surface area contributed by atoms with Gasteiger partial charge < -0.3 is 4.42 Å². The molecule has 0 aliphatic heterocycles. The monoisotopic (exact) mass is 1090 g/mol. The van der Waals surface area contributed by atoms with Gasteiger partial charge in [0, 0.05) is 85.8 Å². The number of rotatable bonds is 5. The van der Waals surface area contributed by atoms with Gasteiger partial charge in [-0.3, -0.25) is 9.13 Å². The Morgan fingerprint density at radius 1 is 0.321 bits per heavy atom. The normalized spacial score (nSPS) is 12.3. The molecule has 0 radical (unpaired) electrons. The fourth-order valence-corrected chi connectivity index (χ4v) is 15.1. The van der Waals surface area contributed by atoms with Crippen LogP contribution in [0.25, 0.3) is 185 Å². The Morgan fingerprint density at radius 2 is 0.917 bits per heavy atom. The van der Waals surface area contributed by atoms with E-state index < -0.39 is 0 Å². The number of thiophene rings is 1. The quantitative estimate of drug-likeness (QED) is 0.161. The molecule has 0 bridgehead atoms. The predicted octanol–water partition coefficient (Wildman–Crippen LogP) is 20.5. The van der Waals surface area contributed by atoms with Gasteiger partial charge in [-0.25, -0.2) is 19.9 Å². The largest absolute Gasteiger partial charge is 0.455 e. The lowest BCUT2D eigenvalue weighted by Gasteiger charge is -2.14. The lowest BCUT2D eigenvalue weighted by molar-refractivity contribution is 0.673. The van der Waals surface area contributed by atoms with E-state index in [1.54, 1.807) is 0 Å². The van der Waals surface area contributed by atoms with E-state index in [-0.39, 0.29) is 0 Å². The Balaban J connectivity index is 0.840. The highest BCUT2D eigenvalue weighted by atomic mass is 32.1. The average Bonchev–Trinajstić information content (AvgIpc) is 1.82. The van der Waals surface area contributed by atoms with Crippen LogP contribution in [0.2, 0.25) is 0 Å². The summed E-state index contributed by atoms with van der Waals surface area (Å²) in [7, 11) is 0. The first-order valence-corrected chi connectivity index (χ1v) is 29.2. The van der Waals surface area contributed by atoms with Crippen molar-refractivity contribution in [1.29, 1.82) is 0 Å². The van der Waals surface area contributed by atoms with Crippen LogP contribution in [-0.4, -0.2) is 29.1 Å². The van der Waals surface area contributed by atoms with Crippen LogP contribution in [-0.2, 0) is 0 Å². The van der Waals surface area contributed by atoms with Crippen molar-refractivity contribution in [2.24, 2.45) is 0 Å². The van der Waals surface area contributed by atoms with E-state index >= 15 is 0 Å². The first kappa shape index (κ1) is 45.6. The Bertz CT molecular complexity index is 6070. The van der Waals surface area contributed by atoms with Crippen LogP contribution < -0.4 is 0 Å². The Morgan fingerprint density at radius 3 is 1.75 bits per heavy atom. The van der Waals surface area contributed by atoms with Crippen molar-refractivity contribution < 1.29 is 4.42 Å². The summed E-state index contributed by atoms with van der Waals surface area (Å²) >= 11 is 1.85. The second-order valence-electron chi connectivity index (χ2n) is 22.0. The lowest BCUT2D eigenvalue weighted by Crippen LogP contribution is -2.04. The van der Waals surface area contributed by atoms with Gasteiger partial charge in [0.25, 0.3) is 0 Å². The van der Waals surface area contributed by atoms with Crippen molar-refractivity contribution in [3.63, 3.8) is 0 Å². The number of nitrogens with zero attached hydrogens (tertiary/aromatic N) is 6. The van der Waals surface area contributed by atoms with Crippen molar-refractivity contribution >= 4 is 151 Å². The maximum absolute atomic E-state index is 6.73. The summed E-state index contributed by atoms with van der Waals surface area (Å²) in [4.78, 5) is 22.3. The molecule has 388 valence electrons. The van der Waals surface area contributed by atoms with Crippen molar-refractivity contribution in [1.82, 2.24) is 29.1 Å². The van der Waals surface area contributed by atoms with E-state index in [0.29, 0.717) is 11.9 Å². The minimum Gasteiger partial charge on any atom is -0.455 e. The third-order valence-electron chi connectivity index (χ3n) is 17.5. The van der Waals surface area contributed by atoms with Crippen LogP contribution in [0.15, 0.2) is 259 Å². The highest BCUT2D eigenvalue weighted by Gasteiger charge is 2.27. The molecule has 0 fully saturated rings. The summed E-state index contributed by atoms with van der Waals surface area (Å²) in [6, 6.07) is 91.0. The summed E-state index contributed by atoms with van der Waals surface area (Å²) in [6.07, 6.45) is 0. The molecule has 8 heteroatoms. The minimum atomic E-state index is 0.608. The fourth-order valence-electron chi connectivity index (χ4n) is 13.9. The zero-order valence-corrected chi connectivity index (χ0v) is 45.6. The molecule has 7 nitrogen and oxygen atoms in total. The van der Waals surface area contributed by atoms with Crippen LogP contribution in [0.1, 0.15) is 0 Å². The van der Waals surface area contributed by atoms with Gasteiger partial charge in [-0.2, -0.15) is 0 Å². The summed E-state index contributed by atoms with van der Waals surface area (Å²) in [6.45, 7) is 0. The zero-order valence-electron chi connectivity index (χ0n) is 44.7. The van der Waals surface area contributed by atoms with Gasteiger partial charge in [0.2, 0.25) is 11.9 Å². The third-order valence-corrected chi connectivity index (χ3v) is 18.7. The topological polar surface area (TPSA) is 74.6 Å². The number of benzene rings is 13. The van der Waals surface area contributed by atoms with Crippen LogP contribution in [0, 0.1) is 0 Å². The summed E-state index contributed by atoms with van der Waals surface area (Å²) in [5, 5.41) is 18.0. The SMILES string of the molecule is c1ccc(-c2nc(-n3c4ccccc4c4c5ccc(-c6cccc(-c7nc(-n8c9ccccc9c9c%10c%11ccccc%11oc%10c%10ccccc%10c98)nc8ccccc78)c6)cc5c5c6ccccc6sc5c43)nc3c2ccc2ccccc23)cc1. The van der Waals surface area contributed by atoms with E-state index in [1.165, 1.54) is 36.3 Å². The summed E-state index contributed by atoms with van der Waals surface area (Å²) < 4.78 is 13.8. The van der Waals surface area contributed by atoms with Crippen molar-refractivity contribution in [2.75, 3.05) is 0 Å². The maximum Gasteiger partial charge on any atom is 0.235 e.